The molecule has 17 heavy (non-hydrogen) atoms. The lowest BCUT2D eigenvalue weighted by Gasteiger charge is -2.10. The van der Waals surface area contributed by atoms with Gasteiger partial charge in [0.1, 0.15) is 5.56 Å². The molecule has 0 heterocycles. The quantitative estimate of drug-likeness (QED) is 0.764. The van der Waals surface area contributed by atoms with E-state index in [2.05, 4.69) is 0 Å². The predicted molar refractivity (Wildman–Crippen MR) is 65.0 cm³/mol. The van der Waals surface area contributed by atoms with Crippen molar-refractivity contribution in [1.82, 2.24) is 0 Å². The highest BCUT2D eigenvalue weighted by atomic mass is 35.5. The van der Waals surface area contributed by atoms with Gasteiger partial charge in [0, 0.05) is 19.6 Å². The molecule has 0 aliphatic heterocycles. The average Bonchev–Trinajstić information content (AvgIpc) is 2.30. The number of para-hydroxylation sites is 1. The number of hydrogen-bond donors (Lipinski definition) is 1. The van der Waals surface area contributed by atoms with Crippen LogP contribution in [0.4, 0.5) is 0 Å². The second-order valence-electron chi connectivity index (χ2n) is 3.32. The lowest BCUT2D eigenvalue weighted by atomic mass is 10.2. The molecular weight excluding hydrogens is 244 g/mol. The standard InChI is InChI=1S/C12H15ClO4/c1-2-16-7-4-8-17-11-9(12(14)15)5-3-6-10(11)13/h3,5-6H,2,4,7-8H2,1H3,(H,14,15). The Morgan fingerprint density at radius 2 is 2.18 bits per heavy atom. The SMILES string of the molecule is CCOCCCOc1c(Cl)cccc1C(=O)O. The van der Waals surface area contributed by atoms with Crippen LogP contribution < -0.4 is 4.74 Å². The summed E-state index contributed by atoms with van der Waals surface area (Å²) in [6.45, 7) is 3.54. The molecule has 5 heteroatoms. The van der Waals surface area contributed by atoms with Crippen LogP contribution in [0.25, 0.3) is 0 Å². The van der Waals surface area contributed by atoms with E-state index in [0.29, 0.717) is 31.3 Å². The minimum absolute atomic E-state index is 0.0777. The van der Waals surface area contributed by atoms with Crippen molar-refractivity contribution < 1.29 is 19.4 Å². The van der Waals surface area contributed by atoms with Gasteiger partial charge in [0.25, 0.3) is 0 Å². The van der Waals surface area contributed by atoms with Gasteiger partial charge in [-0.2, -0.15) is 0 Å². The summed E-state index contributed by atoms with van der Waals surface area (Å²) in [7, 11) is 0. The number of benzene rings is 1. The zero-order valence-corrected chi connectivity index (χ0v) is 10.4. The molecule has 1 aromatic rings. The maximum absolute atomic E-state index is 10.9. The summed E-state index contributed by atoms with van der Waals surface area (Å²) in [6.07, 6.45) is 0.693. The van der Waals surface area contributed by atoms with E-state index in [9.17, 15) is 4.79 Å². The van der Waals surface area contributed by atoms with E-state index in [1.54, 1.807) is 12.1 Å². The van der Waals surface area contributed by atoms with E-state index in [1.807, 2.05) is 6.92 Å². The third kappa shape index (κ3) is 4.24. The predicted octanol–water partition coefficient (Wildman–Crippen LogP) is 2.84. The Morgan fingerprint density at radius 1 is 1.41 bits per heavy atom. The number of carboxylic acid groups (broad SMARTS) is 1. The molecule has 0 unspecified atom stereocenters. The molecule has 0 bridgehead atoms. The summed E-state index contributed by atoms with van der Waals surface area (Å²) in [4.78, 5) is 10.9. The first kappa shape index (κ1) is 13.8. The summed E-state index contributed by atoms with van der Waals surface area (Å²) in [5, 5.41) is 9.27. The van der Waals surface area contributed by atoms with Crippen molar-refractivity contribution in [3.63, 3.8) is 0 Å². The molecule has 0 spiro atoms. The molecule has 0 aliphatic rings. The van der Waals surface area contributed by atoms with E-state index >= 15 is 0 Å². The third-order valence-electron chi connectivity index (χ3n) is 2.08. The van der Waals surface area contributed by atoms with Crippen molar-refractivity contribution in [1.29, 1.82) is 0 Å². The molecule has 0 aromatic heterocycles. The largest absolute Gasteiger partial charge is 0.491 e. The van der Waals surface area contributed by atoms with Crippen LogP contribution in [0.15, 0.2) is 18.2 Å². The molecule has 0 radical (unpaired) electrons. The van der Waals surface area contributed by atoms with Crippen LogP contribution in [0.5, 0.6) is 5.75 Å². The number of ether oxygens (including phenoxy) is 2. The number of hydrogen-bond acceptors (Lipinski definition) is 3. The molecule has 1 N–H and O–H groups in total. The van der Waals surface area contributed by atoms with E-state index in [4.69, 9.17) is 26.2 Å². The number of halogens is 1. The second kappa shape index (κ2) is 7.14. The zero-order chi connectivity index (χ0) is 12.7. The smallest absolute Gasteiger partial charge is 0.339 e. The van der Waals surface area contributed by atoms with Crippen LogP contribution in [0.3, 0.4) is 0 Å². The van der Waals surface area contributed by atoms with Gasteiger partial charge in [0.15, 0.2) is 5.75 Å². The Balaban J connectivity index is 2.60. The maximum atomic E-state index is 10.9. The number of carboxylic acids is 1. The van der Waals surface area contributed by atoms with Gasteiger partial charge in [-0.1, -0.05) is 17.7 Å². The highest BCUT2D eigenvalue weighted by molar-refractivity contribution is 6.32. The molecule has 0 amide bonds. The first-order valence-electron chi connectivity index (χ1n) is 5.39. The van der Waals surface area contributed by atoms with Crippen LogP contribution in [0, 0.1) is 0 Å². The summed E-state index contributed by atoms with van der Waals surface area (Å²) in [5.74, 6) is -0.828. The summed E-state index contributed by atoms with van der Waals surface area (Å²) < 4.78 is 10.5. The Bertz CT molecular complexity index is 379. The van der Waals surface area contributed by atoms with Crippen LogP contribution in [-0.2, 0) is 4.74 Å². The maximum Gasteiger partial charge on any atom is 0.339 e. The van der Waals surface area contributed by atoms with E-state index in [0.717, 1.165) is 0 Å². The Labute approximate surface area is 105 Å². The fourth-order valence-corrected chi connectivity index (χ4v) is 1.53. The van der Waals surface area contributed by atoms with Crippen molar-refractivity contribution in [3.8, 4) is 5.75 Å². The lowest BCUT2D eigenvalue weighted by Crippen LogP contribution is -2.07. The van der Waals surface area contributed by atoms with E-state index < -0.39 is 5.97 Å². The molecule has 0 saturated heterocycles. The van der Waals surface area contributed by atoms with Gasteiger partial charge in [0.05, 0.1) is 11.6 Å². The van der Waals surface area contributed by atoms with Crippen LogP contribution in [0.2, 0.25) is 5.02 Å². The van der Waals surface area contributed by atoms with Crippen LogP contribution in [-0.4, -0.2) is 30.9 Å². The van der Waals surface area contributed by atoms with Gasteiger partial charge < -0.3 is 14.6 Å². The molecule has 4 nitrogen and oxygen atoms in total. The van der Waals surface area contributed by atoms with Crippen LogP contribution >= 0.6 is 11.6 Å². The van der Waals surface area contributed by atoms with Gasteiger partial charge >= 0.3 is 5.97 Å². The Kier molecular flexibility index (Phi) is 5.80. The molecule has 0 fully saturated rings. The van der Waals surface area contributed by atoms with Gasteiger partial charge in [-0.05, 0) is 19.1 Å². The van der Waals surface area contributed by atoms with Crippen molar-refractivity contribution in [2.75, 3.05) is 19.8 Å². The lowest BCUT2D eigenvalue weighted by molar-refractivity contribution is 0.0691. The summed E-state index contributed by atoms with van der Waals surface area (Å²) in [5.41, 5.74) is 0.0777. The van der Waals surface area contributed by atoms with Gasteiger partial charge in [-0.3, -0.25) is 0 Å². The molecule has 1 aromatic carbocycles. The van der Waals surface area contributed by atoms with E-state index in [-0.39, 0.29) is 11.3 Å². The number of carbonyl (C=O) groups is 1. The van der Waals surface area contributed by atoms with Crippen LogP contribution in [0.1, 0.15) is 23.7 Å². The average molecular weight is 259 g/mol. The fraction of sp³-hybridized carbons (Fsp3) is 0.417. The molecule has 1 rings (SSSR count). The summed E-state index contributed by atoms with van der Waals surface area (Å²) >= 11 is 5.89. The first-order valence-corrected chi connectivity index (χ1v) is 5.77. The molecule has 0 atom stereocenters. The Hall–Kier alpha value is -1.26. The number of aromatic carboxylic acids is 1. The summed E-state index contributed by atoms with van der Waals surface area (Å²) in [6, 6.07) is 4.65. The molecular formula is C12H15ClO4. The van der Waals surface area contributed by atoms with Gasteiger partial charge in [0.2, 0.25) is 0 Å². The van der Waals surface area contributed by atoms with E-state index in [1.165, 1.54) is 6.07 Å². The minimum Gasteiger partial charge on any atom is -0.491 e. The van der Waals surface area contributed by atoms with Gasteiger partial charge in [-0.15, -0.1) is 0 Å². The fourth-order valence-electron chi connectivity index (χ4n) is 1.30. The number of rotatable bonds is 7. The second-order valence-corrected chi connectivity index (χ2v) is 3.73. The van der Waals surface area contributed by atoms with Gasteiger partial charge in [-0.25, -0.2) is 4.79 Å². The van der Waals surface area contributed by atoms with Crippen molar-refractivity contribution in [2.45, 2.75) is 13.3 Å². The first-order chi connectivity index (χ1) is 8.16. The highest BCUT2D eigenvalue weighted by Gasteiger charge is 2.14. The molecule has 0 saturated carbocycles. The van der Waals surface area contributed by atoms with Crippen molar-refractivity contribution in [2.24, 2.45) is 0 Å². The van der Waals surface area contributed by atoms with Crippen molar-refractivity contribution in [3.05, 3.63) is 28.8 Å². The zero-order valence-electron chi connectivity index (χ0n) is 9.61. The Morgan fingerprint density at radius 3 is 2.82 bits per heavy atom. The monoisotopic (exact) mass is 258 g/mol. The normalized spacial score (nSPS) is 10.2. The highest BCUT2D eigenvalue weighted by Crippen LogP contribution is 2.28. The minimum atomic E-state index is -1.05. The van der Waals surface area contributed by atoms with Crippen molar-refractivity contribution >= 4 is 17.6 Å². The molecule has 94 valence electrons. The third-order valence-corrected chi connectivity index (χ3v) is 2.38. The molecule has 0 aliphatic carbocycles. The topological polar surface area (TPSA) is 55.8 Å².